The molecule has 2 amide bonds. The number of fused-ring (bicyclic) bond motifs is 1. The van der Waals surface area contributed by atoms with E-state index in [1.165, 1.54) is 24.7 Å². The molecular weight excluding hydrogens is 534 g/mol. The Bertz CT molecular complexity index is 1300. The van der Waals surface area contributed by atoms with Gasteiger partial charge in [-0.3, -0.25) is 34.5 Å². The van der Waals surface area contributed by atoms with Gasteiger partial charge in [-0.2, -0.15) is 9.97 Å². The Balaban J connectivity index is 2.06. The van der Waals surface area contributed by atoms with Crippen LogP contribution in [0.5, 0.6) is 0 Å². The summed E-state index contributed by atoms with van der Waals surface area (Å²) >= 11 is 0. The fraction of sp³-hybridized carbons (Fsp3) is 0.565. The first-order valence-corrected chi connectivity index (χ1v) is 12.0. The van der Waals surface area contributed by atoms with E-state index in [2.05, 4.69) is 31.1 Å². The molecule has 40 heavy (non-hydrogen) atoms. The number of amides is 2. The number of hydrogen-bond acceptors (Lipinski definition) is 14. The van der Waals surface area contributed by atoms with Crippen LogP contribution in [0.2, 0.25) is 0 Å². The third-order valence-electron chi connectivity index (χ3n) is 5.01. The Morgan fingerprint density at radius 3 is 2.20 bits per heavy atom. The van der Waals surface area contributed by atoms with E-state index in [0.717, 1.165) is 13.8 Å². The van der Waals surface area contributed by atoms with E-state index < -0.39 is 60.0 Å². The van der Waals surface area contributed by atoms with Gasteiger partial charge in [0, 0.05) is 27.7 Å². The molecule has 1 aliphatic heterocycles. The fourth-order valence-corrected chi connectivity index (χ4v) is 3.73. The molecule has 0 bridgehead atoms. The molecule has 0 saturated carbocycles. The highest BCUT2D eigenvalue weighted by atomic mass is 16.7. The third-order valence-corrected chi connectivity index (χ3v) is 5.01. The normalized spacial score (nSPS) is 20.4. The molecule has 4 atom stereocenters. The van der Waals surface area contributed by atoms with Crippen LogP contribution in [0.15, 0.2) is 6.33 Å². The van der Waals surface area contributed by atoms with Crippen molar-refractivity contribution < 1.29 is 47.7 Å². The summed E-state index contributed by atoms with van der Waals surface area (Å²) in [7, 11) is 0. The Morgan fingerprint density at radius 2 is 1.62 bits per heavy atom. The van der Waals surface area contributed by atoms with E-state index in [-0.39, 0.29) is 29.5 Å². The second kappa shape index (κ2) is 12.1. The number of imidazole rings is 1. The number of anilines is 2. The van der Waals surface area contributed by atoms with E-state index in [9.17, 15) is 24.0 Å². The summed E-state index contributed by atoms with van der Waals surface area (Å²) in [5.41, 5.74) is 4.34. The molecule has 2 aromatic rings. The summed E-state index contributed by atoms with van der Waals surface area (Å²) in [6.07, 6.45) is -4.10. The van der Waals surface area contributed by atoms with Gasteiger partial charge in [0.15, 0.2) is 35.4 Å². The summed E-state index contributed by atoms with van der Waals surface area (Å²) in [5, 5.41) is 2.45. The van der Waals surface area contributed by atoms with Crippen LogP contribution >= 0.6 is 0 Å². The summed E-state index contributed by atoms with van der Waals surface area (Å²) in [6, 6.07) is 0. The van der Waals surface area contributed by atoms with Gasteiger partial charge in [0.25, 0.3) is 0 Å². The highest BCUT2D eigenvalue weighted by molar-refractivity contribution is 5.90. The average Bonchev–Trinajstić information content (AvgIpc) is 3.35. The minimum atomic E-state index is -1.21. The maximum atomic E-state index is 12.2. The fourth-order valence-electron chi connectivity index (χ4n) is 3.73. The van der Waals surface area contributed by atoms with E-state index in [1.807, 2.05) is 0 Å². The van der Waals surface area contributed by atoms with Crippen molar-refractivity contribution in [2.45, 2.75) is 78.6 Å². The molecular formula is C23H31N7O10. The molecule has 1 fully saturated rings. The van der Waals surface area contributed by atoms with Crippen molar-refractivity contribution in [1.29, 1.82) is 0 Å². The molecule has 0 aliphatic carbocycles. The maximum absolute atomic E-state index is 12.2. The lowest BCUT2D eigenvalue weighted by Crippen LogP contribution is -2.40. The van der Waals surface area contributed by atoms with Crippen molar-refractivity contribution in [2.75, 3.05) is 17.3 Å². The molecule has 3 rings (SSSR count). The van der Waals surface area contributed by atoms with Gasteiger partial charge in [0.1, 0.15) is 18.3 Å². The van der Waals surface area contributed by atoms with Gasteiger partial charge in [-0.1, -0.05) is 0 Å². The number of esters is 3. The van der Waals surface area contributed by atoms with Gasteiger partial charge >= 0.3 is 24.0 Å². The summed E-state index contributed by atoms with van der Waals surface area (Å²) in [6.45, 7) is 9.51. The molecule has 0 aromatic carbocycles. The number of nitrogens with zero attached hydrogens (tertiary/aromatic N) is 4. The van der Waals surface area contributed by atoms with Gasteiger partial charge in [-0.05, 0) is 20.8 Å². The summed E-state index contributed by atoms with van der Waals surface area (Å²) < 4.78 is 28.5. The second-order valence-electron chi connectivity index (χ2n) is 9.67. The van der Waals surface area contributed by atoms with Crippen LogP contribution in [0.4, 0.5) is 16.6 Å². The molecule has 0 radical (unpaired) electrons. The number of hydrazine groups is 1. The van der Waals surface area contributed by atoms with Crippen LogP contribution in [0.1, 0.15) is 54.7 Å². The van der Waals surface area contributed by atoms with Crippen LogP contribution in [0.25, 0.3) is 11.2 Å². The molecule has 17 nitrogen and oxygen atoms in total. The SMILES string of the molecule is CC(=O)Nc1nc(NNC(=O)OC(C)(C)C)c2ncn([C@@H]3O[C@H](COC(C)=O)[C@@H](OC(C)=O)[C@H]3OC(C)=O)c2n1. The van der Waals surface area contributed by atoms with Crippen molar-refractivity contribution >= 4 is 52.8 Å². The first kappa shape index (κ1) is 30.0. The zero-order valence-corrected chi connectivity index (χ0v) is 23.0. The molecule has 1 saturated heterocycles. The maximum Gasteiger partial charge on any atom is 0.426 e. The molecule has 2 aromatic heterocycles. The van der Waals surface area contributed by atoms with Crippen LogP contribution in [-0.2, 0) is 42.9 Å². The number of carbonyl (C=O) groups is 5. The lowest BCUT2D eigenvalue weighted by molar-refractivity contribution is -0.166. The van der Waals surface area contributed by atoms with Crippen LogP contribution in [0, 0.1) is 0 Å². The van der Waals surface area contributed by atoms with Crippen LogP contribution in [0.3, 0.4) is 0 Å². The highest BCUT2D eigenvalue weighted by Crippen LogP contribution is 2.36. The molecule has 3 heterocycles. The average molecular weight is 566 g/mol. The van der Waals surface area contributed by atoms with Crippen molar-refractivity contribution in [1.82, 2.24) is 24.9 Å². The number of rotatable bonds is 8. The Hall–Kier alpha value is -4.54. The van der Waals surface area contributed by atoms with Crippen LogP contribution < -0.4 is 16.2 Å². The van der Waals surface area contributed by atoms with Gasteiger partial charge in [-0.25, -0.2) is 15.2 Å². The van der Waals surface area contributed by atoms with Crippen molar-refractivity contribution in [3.05, 3.63) is 6.33 Å². The monoisotopic (exact) mass is 565 g/mol. The molecule has 218 valence electrons. The molecule has 0 unspecified atom stereocenters. The number of carbonyl (C=O) groups excluding carboxylic acids is 5. The predicted molar refractivity (Wildman–Crippen MR) is 134 cm³/mol. The standard InChI is InChI=1S/C23H31N7O10/c1-10(31)25-21-26-18(28-29-22(35)40-23(5,6)7)15-19(27-21)30(9-24-15)20-17(38-13(4)34)16(37-12(3)33)14(39-20)8-36-11(2)32/h9,14,16-17,20H,8H2,1-7H3,(H,29,35)(H2,25,26,27,28,31)/t14-,16-,17-,20-/m1/s1. The van der Waals surface area contributed by atoms with Gasteiger partial charge < -0.3 is 23.7 Å². The van der Waals surface area contributed by atoms with Crippen molar-refractivity contribution in [3.63, 3.8) is 0 Å². The number of nitrogens with one attached hydrogen (secondary N) is 3. The number of hydrogen-bond donors (Lipinski definition) is 3. The minimum absolute atomic E-state index is 0.0200. The molecule has 17 heteroatoms. The molecule has 1 aliphatic rings. The Kier molecular flexibility index (Phi) is 9.08. The van der Waals surface area contributed by atoms with Crippen molar-refractivity contribution in [2.24, 2.45) is 0 Å². The van der Waals surface area contributed by atoms with Gasteiger partial charge in [0.2, 0.25) is 11.9 Å². The first-order valence-electron chi connectivity index (χ1n) is 12.0. The Morgan fingerprint density at radius 1 is 0.975 bits per heavy atom. The molecule has 0 spiro atoms. The van der Waals surface area contributed by atoms with E-state index >= 15 is 0 Å². The van der Waals surface area contributed by atoms with Gasteiger partial charge in [-0.15, -0.1) is 0 Å². The quantitative estimate of drug-likeness (QED) is 0.231. The number of aromatic nitrogens is 4. The zero-order valence-electron chi connectivity index (χ0n) is 23.0. The molecule has 3 N–H and O–H groups in total. The van der Waals surface area contributed by atoms with Gasteiger partial charge in [0.05, 0.1) is 6.33 Å². The van der Waals surface area contributed by atoms with E-state index in [4.69, 9.17) is 23.7 Å². The first-order chi connectivity index (χ1) is 18.6. The highest BCUT2D eigenvalue weighted by Gasteiger charge is 2.51. The van der Waals surface area contributed by atoms with Crippen molar-refractivity contribution in [3.8, 4) is 0 Å². The summed E-state index contributed by atoms with van der Waals surface area (Å²) in [4.78, 5) is 72.0. The smallest absolute Gasteiger partial charge is 0.426 e. The largest absolute Gasteiger partial charge is 0.463 e. The summed E-state index contributed by atoms with van der Waals surface area (Å²) in [5.74, 6) is -2.66. The Labute approximate surface area is 228 Å². The zero-order chi connectivity index (χ0) is 29.8. The topological polar surface area (TPSA) is 211 Å². The van der Waals surface area contributed by atoms with E-state index in [0.29, 0.717) is 0 Å². The minimum Gasteiger partial charge on any atom is -0.463 e. The lowest BCUT2D eigenvalue weighted by atomic mass is 10.1. The van der Waals surface area contributed by atoms with Crippen LogP contribution in [-0.4, -0.2) is 79.9 Å². The predicted octanol–water partition coefficient (Wildman–Crippen LogP) is 0.960. The number of ether oxygens (including phenoxy) is 5. The second-order valence-corrected chi connectivity index (χ2v) is 9.67. The van der Waals surface area contributed by atoms with E-state index in [1.54, 1.807) is 20.8 Å². The third kappa shape index (κ3) is 7.75. The lowest BCUT2D eigenvalue weighted by Gasteiger charge is -2.23.